The van der Waals surface area contributed by atoms with Crippen molar-refractivity contribution < 1.29 is 0 Å². The molecule has 18 heavy (non-hydrogen) atoms. The number of nitrogens with zero attached hydrogens (tertiary/aromatic N) is 4. The van der Waals surface area contributed by atoms with Gasteiger partial charge in [-0.25, -0.2) is 9.97 Å². The van der Waals surface area contributed by atoms with Crippen LogP contribution in [0.5, 0.6) is 0 Å². The lowest BCUT2D eigenvalue weighted by Gasteiger charge is -2.37. The van der Waals surface area contributed by atoms with Gasteiger partial charge in [0.15, 0.2) is 0 Å². The van der Waals surface area contributed by atoms with E-state index in [1.165, 1.54) is 12.8 Å². The predicted molar refractivity (Wildman–Crippen MR) is 70.1 cm³/mol. The molecule has 0 amide bonds. The van der Waals surface area contributed by atoms with Crippen LogP contribution in [0.3, 0.4) is 0 Å². The Morgan fingerprint density at radius 3 is 2.89 bits per heavy atom. The molecule has 1 N–H and O–H groups in total. The van der Waals surface area contributed by atoms with Crippen molar-refractivity contribution in [3.63, 3.8) is 0 Å². The van der Waals surface area contributed by atoms with Gasteiger partial charge in [-0.3, -0.25) is 0 Å². The van der Waals surface area contributed by atoms with Gasteiger partial charge in [0, 0.05) is 12.7 Å². The fourth-order valence-electron chi connectivity index (χ4n) is 2.13. The van der Waals surface area contributed by atoms with Crippen LogP contribution in [0.1, 0.15) is 25.5 Å². The van der Waals surface area contributed by atoms with Crippen LogP contribution >= 0.6 is 0 Å². The minimum Gasteiger partial charge on any atom is -0.354 e. The van der Waals surface area contributed by atoms with Gasteiger partial charge >= 0.3 is 0 Å². The smallest absolute Gasteiger partial charge is 0.223 e. The summed E-state index contributed by atoms with van der Waals surface area (Å²) in [5, 5.41) is 12.0. The molecule has 1 fully saturated rings. The van der Waals surface area contributed by atoms with Crippen molar-refractivity contribution in [1.29, 1.82) is 5.26 Å². The summed E-state index contributed by atoms with van der Waals surface area (Å²) in [6, 6.07) is 3.64. The zero-order valence-corrected chi connectivity index (χ0v) is 11.0. The highest BCUT2D eigenvalue weighted by molar-refractivity contribution is 5.30. The molecule has 0 bridgehead atoms. The Morgan fingerprint density at radius 2 is 2.22 bits per heavy atom. The maximum Gasteiger partial charge on any atom is 0.223 e. The quantitative estimate of drug-likeness (QED) is 0.874. The molecule has 1 aromatic rings. The average molecular weight is 245 g/mol. The van der Waals surface area contributed by atoms with E-state index in [0.717, 1.165) is 19.6 Å². The van der Waals surface area contributed by atoms with E-state index in [1.54, 1.807) is 12.3 Å². The fourth-order valence-corrected chi connectivity index (χ4v) is 2.13. The third kappa shape index (κ3) is 3.17. The molecule has 0 aliphatic carbocycles. The molecule has 5 heteroatoms. The lowest BCUT2D eigenvalue weighted by molar-refractivity contribution is 0.150. The van der Waals surface area contributed by atoms with E-state index < -0.39 is 0 Å². The number of aromatic nitrogens is 2. The van der Waals surface area contributed by atoms with Gasteiger partial charge in [0.25, 0.3) is 0 Å². The maximum atomic E-state index is 8.79. The number of likely N-dealkylation sites (tertiary alicyclic amines) is 1. The van der Waals surface area contributed by atoms with Crippen LogP contribution in [-0.4, -0.2) is 41.5 Å². The summed E-state index contributed by atoms with van der Waals surface area (Å²) in [7, 11) is 2.16. The van der Waals surface area contributed by atoms with Gasteiger partial charge in [-0.1, -0.05) is 6.92 Å². The van der Waals surface area contributed by atoms with Crippen LogP contribution in [-0.2, 0) is 0 Å². The van der Waals surface area contributed by atoms with Gasteiger partial charge in [-0.2, -0.15) is 5.26 Å². The van der Waals surface area contributed by atoms with Gasteiger partial charge in [0.2, 0.25) is 5.95 Å². The number of anilines is 1. The van der Waals surface area contributed by atoms with Crippen LogP contribution < -0.4 is 5.32 Å². The Balaban J connectivity index is 1.93. The van der Waals surface area contributed by atoms with E-state index in [4.69, 9.17) is 5.26 Å². The Hall–Kier alpha value is -1.67. The summed E-state index contributed by atoms with van der Waals surface area (Å²) >= 11 is 0. The molecule has 0 atom stereocenters. The molecule has 2 rings (SSSR count). The molecule has 0 aromatic carbocycles. The number of piperidine rings is 1. The minimum absolute atomic E-state index is 0.290. The van der Waals surface area contributed by atoms with Crippen molar-refractivity contribution in [2.75, 3.05) is 32.0 Å². The van der Waals surface area contributed by atoms with E-state index in [0.29, 0.717) is 17.1 Å². The van der Waals surface area contributed by atoms with Crippen molar-refractivity contribution in [2.45, 2.75) is 19.8 Å². The molecule has 96 valence electrons. The van der Waals surface area contributed by atoms with Gasteiger partial charge in [0.1, 0.15) is 11.8 Å². The summed E-state index contributed by atoms with van der Waals surface area (Å²) in [4.78, 5) is 10.6. The SMILES string of the molecule is CN1CCC(C)(CNc2nccc(C#N)n2)CC1. The van der Waals surface area contributed by atoms with Crippen LogP contribution in [0, 0.1) is 16.7 Å². The van der Waals surface area contributed by atoms with Gasteiger partial charge in [0.05, 0.1) is 0 Å². The van der Waals surface area contributed by atoms with E-state index in [2.05, 4.69) is 34.2 Å². The highest BCUT2D eigenvalue weighted by atomic mass is 15.1. The molecule has 5 nitrogen and oxygen atoms in total. The first kappa shape index (κ1) is 12.8. The topological polar surface area (TPSA) is 64.8 Å². The third-order valence-corrected chi connectivity index (χ3v) is 3.64. The largest absolute Gasteiger partial charge is 0.354 e. The van der Waals surface area contributed by atoms with E-state index in [1.807, 2.05) is 6.07 Å². The number of hydrogen-bond acceptors (Lipinski definition) is 5. The number of nitriles is 1. The standard InChI is InChI=1S/C13H19N5/c1-13(4-7-18(2)8-5-13)10-16-12-15-6-3-11(9-14)17-12/h3,6H,4-5,7-8,10H2,1-2H3,(H,15,16,17). The lowest BCUT2D eigenvalue weighted by atomic mass is 9.80. The molecule has 2 heterocycles. The normalized spacial score (nSPS) is 19.2. The molecule has 1 aromatic heterocycles. The second kappa shape index (κ2) is 5.32. The molecule has 1 aliphatic heterocycles. The summed E-state index contributed by atoms with van der Waals surface area (Å²) < 4.78 is 0. The maximum absolute atomic E-state index is 8.79. The van der Waals surface area contributed by atoms with Gasteiger partial charge < -0.3 is 10.2 Å². The first-order valence-corrected chi connectivity index (χ1v) is 6.27. The highest BCUT2D eigenvalue weighted by Gasteiger charge is 2.28. The van der Waals surface area contributed by atoms with Crippen molar-refractivity contribution >= 4 is 5.95 Å². The van der Waals surface area contributed by atoms with Crippen LogP contribution in [0.25, 0.3) is 0 Å². The van der Waals surface area contributed by atoms with Crippen LogP contribution in [0.2, 0.25) is 0 Å². The Bertz CT molecular complexity index is 443. The zero-order valence-electron chi connectivity index (χ0n) is 11.0. The number of hydrogen-bond donors (Lipinski definition) is 1. The molecule has 1 aliphatic rings. The van der Waals surface area contributed by atoms with Crippen LogP contribution in [0.4, 0.5) is 5.95 Å². The zero-order chi connectivity index (χ0) is 13.0. The average Bonchev–Trinajstić information content (AvgIpc) is 2.41. The van der Waals surface area contributed by atoms with E-state index in [9.17, 15) is 0 Å². The van der Waals surface area contributed by atoms with E-state index >= 15 is 0 Å². The van der Waals surface area contributed by atoms with Crippen molar-refractivity contribution in [1.82, 2.24) is 14.9 Å². The molecule has 0 spiro atoms. The van der Waals surface area contributed by atoms with Gasteiger partial charge in [-0.15, -0.1) is 0 Å². The van der Waals surface area contributed by atoms with Gasteiger partial charge in [-0.05, 0) is 44.5 Å². The molecule has 0 unspecified atom stereocenters. The number of nitrogens with one attached hydrogen (secondary N) is 1. The third-order valence-electron chi connectivity index (χ3n) is 3.64. The first-order valence-electron chi connectivity index (χ1n) is 6.27. The summed E-state index contributed by atoms with van der Waals surface area (Å²) in [6.45, 7) is 5.42. The summed E-state index contributed by atoms with van der Waals surface area (Å²) in [5.41, 5.74) is 0.694. The molecule has 0 radical (unpaired) electrons. The molecular formula is C13H19N5. The minimum atomic E-state index is 0.290. The fraction of sp³-hybridized carbons (Fsp3) is 0.615. The summed E-state index contributed by atoms with van der Waals surface area (Å²) in [6.07, 6.45) is 3.97. The molecule has 0 saturated carbocycles. The lowest BCUT2D eigenvalue weighted by Crippen LogP contribution is -2.40. The second-order valence-corrected chi connectivity index (χ2v) is 5.34. The first-order chi connectivity index (χ1) is 8.61. The molecule has 1 saturated heterocycles. The van der Waals surface area contributed by atoms with Crippen molar-refractivity contribution in [3.05, 3.63) is 18.0 Å². The Labute approximate surface area is 108 Å². The van der Waals surface area contributed by atoms with Crippen molar-refractivity contribution in [2.24, 2.45) is 5.41 Å². The summed E-state index contributed by atoms with van der Waals surface area (Å²) in [5.74, 6) is 0.550. The monoisotopic (exact) mass is 245 g/mol. The van der Waals surface area contributed by atoms with E-state index in [-0.39, 0.29) is 0 Å². The second-order valence-electron chi connectivity index (χ2n) is 5.34. The molecular weight excluding hydrogens is 226 g/mol. The van der Waals surface area contributed by atoms with Crippen molar-refractivity contribution in [3.8, 4) is 6.07 Å². The van der Waals surface area contributed by atoms with Crippen LogP contribution in [0.15, 0.2) is 12.3 Å². The highest BCUT2D eigenvalue weighted by Crippen LogP contribution is 2.30. The number of rotatable bonds is 3. The predicted octanol–water partition coefficient (Wildman–Crippen LogP) is 1.49. The Kier molecular flexibility index (Phi) is 3.78. The Morgan fingerprint density at radius 1 is 1.50 bits per heavy atom.